The summed E-state index contributed by atoms with van der Waals surface area (Å²) in [6, 6.07) is -0.907. The quantitative estimate of drug-likeness (QED) is 0.0173. The average Bonchev–Trinajstić information content (AvgIpc) is 3.43. The Morgan fingerprint density at radius 1 is 0.427 bits per heavy atom. The molecule has 1 atom stereocenters. The number of aliphatic imine (C=N–C) groups is 1. The minimum absolute atomic E-state index is 0.0322. The van der Waals surface area contributed by atoms with E-state index >= 15 is 0 Å². The number of carbonyl (C=O) groups excluding carboxylic acids is 5. The van der Waals surface area contributed by atoms with Crippen LogP contribution in [0.5, 0.6) is 0 Å². The van der Waals surface area contributed by atoms with Crippen molar-refractivity contribution in [3.05, 3.63) is 0 Å². The summed E-state index contributed by atoms with van der Waals surface area (Å²) in [4.78, 5) is 78.1. The van der Waals surface area contributed by atoms with Crippen LogP contribution in [-0.4, -0.2) is 96.4 Å². The first-order valence-electron chi connectivity index (χ1n) is 33.3. The molecule has 0 aliphatic rings. The topological polar surface area (TPSA) is 252 Å². The fraction of sp³-hybridized carbons (Fsp3) is 0.891. The van der Waals surface area contributed by atoms with Gasteiger partial charge >= 0.3 is 12.1 Å². The zero-order valence-corrected chi connectivity index (χ0v) is 52.2. The van der Waals surface area contributed by atoms with Crippen LogP contribution in [0.2, 0.25) is 0 Å². The van der Waals surface area contributed by atoms with Crippen LogP contribution in [0.4, 0.5) is 13.2 Å². The fourth-order valence-electron chi connectivity index (χ4n) is 10.1. The number of nitrogens with two attached hydrogens (primary N) is 3. The lowest BCUT2D eigenvalue weighted by molar-refractivity contribution is -0.192. The van der Waals surface area contributed by atoms with Crippen molar-refractivity contribution in [1.82, 2.24) is 20.9 Å². The lowest BCUT2D eigenvalue weighted by Crippen LogP contribution is -2.45. The second-order valence-electron chi connectivity index (χ2n) is 23.0. The van der Waals surface area contributed by atoms with Gasteiger partial charge in [-0.3, -0.25) is 29.0 Å². The number of unbranched alkanes of at least 4 members (excludes halogenated alkanes) is 40. The van der Waals surface area contributed by atoms with Crippen molar-refractivity contribution in [3.8, 4) is 0 Å². The van der Waals surface area contributed by atoms with E-state index < -0.39 is 30.0 Å². The molecule has 18 heteroatoms. The van der Waals surface area contributed by atoms with Gasteiger partial charge in [0, 0.05) is 58.4 Å². The first-order chi connectivity index (χ1) is 39.5. The maximum atomic E-state index is 13.4. The monoisotopic (exact) mass is 1170 g/mol. The summed E-state index contributed by atoms with van der Waals surface area (Å²) in [5.41, 5.74) is 16.3. The van der Waals surface area contributed by atoms with E-state index in [1.165, 1.54) is 231 Å². The minimum Gasteiger partial charge on any atom is -0.475 e. The maximum Gasteiger partial charge on any atom is 0.490 e. The fourth-order valence-corrected chi connectivity index (χ4v) is 10.1. The number of carboxylic acid groups (broad SMARTS) is 1. The minimum atomic E-state index is -5.08. The zero-order chi connectivity index (χ0) is 61.0. The van der Waals surface area contributed by atoms with E-state index in [0.29, 0.717) is 25.8 Å². The number of hydrogen-bond donors (Lipinski definition) is 7. The molecule has 0 aromatic rings. The summed E-state index contributed by atoms with van der Waals surface area (Å²) in [5, 5.41) is 15.7. The van der Waals surface area contributed by atoms with Crippen LogP contribution >= 0.6 is 0 Å². The number of carbonyl (C=O) groups is 6. The Bertz CT molecular complexity index is 1510. The number of alkyl halides is 3. The highest BCUT2D eigenvalue weighted by Gasteiger charge is 2.38. The van der Waals surface area contributed by atoms with Gasteiger partial charge in [0.1, 0.15) is 6.04 Å². The number of amides is 5. The molecule has 0 saturated heterocycles. The van der Waals surface area contributed by atoms with Crippen LogP contribution in [0, 0.1) is 0 Å². The predicted octanol–water partition coefficient (Wildman–Crippen LogP) is 14.7. The lowest BCUT2D eigenvalue weighted by Gasteiger charge is -2.23. The molecule has 0 fully saturated rings. The smallest absolute Gasteiger partial charge is 0.475 e. The summed E-state index contributed by atoms with van der Waals surface area (Å²) in [7, 11) is 0. The van der Waals surface area contributed by atoms with Gasteiger partial charge in [0.2, 0.25) is 29.5 Å². The third-order valence-corrected chi connectivity index (χ3v) is 15.2. The van der Waals surface area contributed by atoms with Gasteiger partial charge in [-0.05, 0) is 25.7 Å². The summed E-state index contributed by atoms with van der Waals surface area (Å²) in [5.74, 6) is -4.29. The van der Waals surface area contributed by atoms with E-state index in [9.17, 15) is 37.1 Å². The van der Waals surface area contributed by atoms with Crippen LogP contribution < -0.4 is 33.2 Å². The number of primary amides is 1. The van der Waals surface area contributed by atoms with Crippen LogP contribution in [-0.2, 0) is 28.8 Å². The first-order valence-corrected chi connectivity index (χ1v) is 33.3. The molecule has 0 saturated carbocycles. The molecule has 0 aliphatic heterocycles. The predicted molar refractivity (Wildman–Crippen MR) is 331 cm³/mol. The maximum absolute atomic E-state index is 13.4. The Hall–Kier alpha value is -4.12. The van der Waals surface area contributed by atoms with Gasteiger partial charge in [0.25, 0.3) is 0 Å². The molecule has 0 radical (unpaired) electrons. The lowest BCUT2D eigenvalue weighted by atomic mass is 10.0. The van der Waals surface area contributed by atoms with Gasteiger partial charge in [0.05, 0.1) is 0 Å². The van der Waals surface area contributed by atoms with Gasteiger partial charge in [-0.1, -0.05) is 271 Å². The van der Waals surface area contributed by atoms with E-state index in [1.54, 1.807) is 4.90 Å². The summed E-state index contributed by atoms with van der Waals surface area (Å²) in [6.45, 7) is 5.94. The molecule has 0 heterocycles. The molecule has 5 amide bonds. The molecule has 10 N–H and O–H groups in total. The number of aliphatic carboxylic acids is 1. The van der Waals surface area contributed by atoms with Crippen molar-refractivity contribution >= 4 is 41.5 Å². The summed E-state index contributed by atoms with van der Waals surface area (Å²) in [6.07, 6.45) is 51.8. The molecular formula is C64H123F3N8O7. The molecular weight excluding hydrogens is 1050 g/mol. The third-order valence-electron chi connectivity index (χ3n) is 15.2. The zero-order valence-electron chi connectivity index (χ0n) is 52.2. The normalized spacial score (nSPS) is 11.6. The van der Waals surface area contributed by atoms with Gasteiger partial charge in [-0.25, -0.2) is 4.79 Å². The third kappa shape index (κ3) is 60.5. The molecule has 0 rings (SSSR count). The number of carboxylic acids is 1. The Kier molecular flexibility index (Phi) is 58.5. The number of nitrogens with one attached hydrogen (secondary N) is 3. The van der Waals surface area contributed by atoms with Crippen molar-refractivity contribution < 1.29 is 47.0 Å². The molecule has 0 spiro atoms. The van der Waals surface area contributed by atoms with Crippen LogP contribution in [0.15, 0.2) is 4.99 Å². The molecule has 82 heavy (non-hydrogen) atoms. The van der Waals surface area contributed by atoms with Gasteiger partial charge in [0.15, 0.2) is 5.96 Å². The number of hydrogen-bond acceptors (Lipinski definition) is 7. The summed E-state index contributed by atoms with van der Waals surface area (Å²) >= 11 is 0. The second kappa shape index (κ2) is 60.0. The van der Waals surface area contributed by atoms with E-state index in [4.69, 9.17) is 27.1 Å². The molecule has 15 nitrogen and oxygen atoms in total. The second-order valence-corrected chi connectivity index (χ2v) is 23.0. The Labute approximate surface area is 496 Å². The van der Waals surface area contributed by atoms with Gasteiger partial charge < -0.3 is 43.2 Å². The molecule has 0 aliphatic carbocycles. The van der Waals surface area contributed by atoms with Crippen molar-refractivity contribution in [2.45, 2.75) is 334 Å². The summed E-state index contributed by atoms with van der Waals surface area (Å²) < 4.78 is 31.7. The molecule has 482 valence electrons. The molecule has 0 aromatic heterocycles. The van der Waals surface area contributed by atoms with Crippen LogP contribution in [0.1, 0.15) is 322 Å². The van der Waals surface area contributed by atoms with E-state index in [-0.39, 0.29) is 69.1 Å². The average molecular weight is 1170 g/mol. The van der Waals surface area contributed by atoms with Crippen molar-refractivity contribution in [2.24, 2.45) is 22.2 Å². The Balaban J connectivity index is 0. The number of halogens is 3. The first kappa shape index (κ1) is 79.9. The number of nitrogens with zero attached hydrogens (tertiary/aromatic N) is 2. The van der Waals surface area contributed by atoms with Crippen LogP contribution in [0.25, 0.3) is 0 Å². The van der Waals surface area contributed by atoms with Gasteiger partial charge in [-0.15, -0.1) is 0 Å². The largest absolute Gasteiger partial charge is 0.490 e. The molecule has 0 unspecified atom stereocenters. The van der Waals surface area contributed by atoms with Gasteiger partial charge in [-0.2, -0.15) is 13.2 Å². The molecule has 0 aromatic carbocycles. The van der Waals surface area contributed by atoms with Crippen molar-refractivity contribution in [2.75, 3.05) is 32.7 Å². The molecule has 0 bridgehead atoms. The highest BCUT2D eigenvalue weighted by molar-refractivity contribution is 5.88. The van der Waals surface area contributed by atoms with Crippen molar-refractivity contribution in [1.29, 1.82) is 0 Å². The van der Waals surface area contributed by atoms with E-state index in [1.807, 2.05) is 0 Å². The standard InChI is InChI=1S/C62H122N8O5.C2HF3O2/c1-3-5-7-9-11-13-15-17-19-21-23-25-27-29-31-33-35-37-39-41-43-47-57(71)66-52-54-70(60(74)50-49-59(73)69-56(61(63)75)46-45-51-68-62(64)65)55-53-67-58(72)48-44-42-40-38-36-34-32-30-28-26-24-22-20-18-16-14-12-10-8-6-4-2;3-2(4,5)1(6)7/h56H,3-55H2,1-2H3,(H2,63,75)(H,66,71)(H,67,72)(H,69,73)(H4,64,65,68);(H,6,7)/t56-;/m0./s1. The number of guanidine groups is 1. The highest BCUT2D eigenvalue weighted by Crippen LogP contribution is 2.18. The Morgan fingerprint density at radius 2 is 0.707 bits per heavy atom. The van der Waals surface area contributed by atoms with E-state index in [0.717, 1.165) is 38.5 Å². The van der Waals surface area contributed by atoms with Crippen LogP contribution in [0.3, 0.4) is 0 Å². The highest BCUT2D eigenvalue weighted by atomic mass is 19.4. The van der Waals surface area contributed by atoms with E-state index in [2.05, 4.69) is 34.8 Å². The van der Waals surface area contributed by atoms with Crippen molar-refractivity contribution in [3.63, 3.8) is 0 Å². The SMILES string of the molecule is CCCCCCCCCCCCCCCCCCCCCCCC(=O)NCCN(CCNC(=O)CCCCCCCCCCCCCCCCCCCCCCC)C(=O)CCC(=O)N[C@@H](CCCN=C(N)N)C(N)=O.O=C(O)C(F)(F)F. The Morgan fingerprint density at radius 3 is 0.963 bits per heavy atom. The number of rotatable bonds is 59.